The third-order valence-corrected chi connectivity index (χ3v) is 3.03. The van der Waals surface area contributed by atoms with Crippen LogP contribution >= 0.6 is 0 Å². The quantitative estimate of drug-likeness (QED) is 0.374. The van der Waals surface area contributed by atoms with Gasteiger partial charge in [-0.25, -0.2) is 9.69 Å². The van der Waals surface area contributed by atoms with Crippen molar-refractivity contribution in [2.24, 2.45) is 0 Å². The average molecular weight is 246 g/mol. The number of quaternary nitrogens is 1. The fourth-order valence-electron chi connectivity index (χ4n) is 1.82. The molecule has 0 rings (SSSR count). The lowest BCUT2D eigenvalue weighted by Crippen LogP contribution is -3.14. The Balaban J connectivity index is 3.30. The number of aliphatic hydroxyl groups is 2. The second-order valence-electron chi connectivity index (χ2n) is 4.57. The lowest BCUT2D eigenvalue weighted by molar-refractivity contribution is -0.862. The molecule has 0 aliphatic rings. The number of amides is 1. The molecule has 0 spiro atoms. The van der Waals surface area contributed by atoms with Gasteiger partial charge in [-0.2, -0.15) is 0 Å². The van der Waals surface area contributed by atoms with Crippen molar-refractivity contribution in [3.8, 4) is 0 Å². The normalized spacial score (nSPS) is 11.1. The molecule has 0 aromatic carbocycles. The fraction of sp³-hybridized carbons (Fsp3) is 0.923. The summed E-state index contributed by atoms with van der Waals surface area (Å²) in [6.45, 7) is 1.58. The zero-order valence-corrected chi connectivity index (χ0v) is 11.1. The second-order valence-corrected chi connectivity index (χ2v) is 4.57. The van der Waals surface area contributed by atoms with Gasteiger partial charge in [0.25, 0.3) is 0 Å². The minimum Gasteiger partial charge on any atom is -0.347 e. The van der Waals surface area contributed by atoms with Gasteiger partial charge in [0.05, 0.1) is 6.42 Å². The van der Waals surface area contributed by atoms with E-state index in [1.807, 2.05) is 0 Å². The van der Waals surface area contributed by atoms with E-state index in [-0.39, 0.29) is 24.3 Å². The van der Waals surface area contributed by atoms with Crippen LogP contribution in [0.5, 0.6) is 0 Å². The first kappa shape index (κ1) is 16.6. The van der Waals surface area contributed by atoms with Crippen LogP contribution in [-0.2, 0) is 4.79 Å². The Bertz CT molecular complexity index is 182. The van der Waals surface area contributed by atoms with Gasteiger partial charge in [0.15, 0.2) is 13.5 Å². The van der Waals surface area contributed by atoms with E-state index in [0.717, 1.165) is 12.8 Å². The van der Waals surface area contributed by atoms with Crippen molar-refractivity contribution >= 4 is 5.91 Å². The highest BCUT2D eigenvalue weighted by atomic mass is 16.3. The zero-order chi connectivity index (χ0) is 12.9. The standard InChI is InChI=1S/C13H27NO3/c1-2-3-4-5-6-7-8-9-10-13(17)14(11-15)12-16/h15-16H,2-12H2,1H3/p+1. The van der Waals surface area contributed by atoms with Crippen LogP contribution in [0.2, 0.25) is 0 Å². The molecule has 1 amide bonds. The average Bonchev–Trinajstić information content (AvgIpc) is 2.34. The van der Waals surface area contributed by atoms with E-state index >= 15 is 0 Å². The van der Waals surface area contributed by atoms with Crippen LogP contribution in [0.1, 0.15) is 64.7 Å². The van der Waals surface area contributed by atoms with Crippen molar-refractivity contribution in [3.63, 3.8) is 0 Å². The largest absolute Gasteiger partial charge is 0.347 e. The molecular formula is C13H28NO3+. The van der Waals surface area contributed by atoms with Crippen LogP contribution in [0.25, 0.3) is 0 Å². The summed E-state index contributed by atoms with van der Waals surface area (Å²) < 4.78 is 0. The van der Waals surface area contributed by atoms with Gasteiger partial charge in [-0.15, -0.1) is 0 Å². The number of hydrogen-bond acceptors (Lipinski definition) is 3. The highest BCUT2D eigenvalue weighted by Crippen LogP contribution is 2.09. The van der Waals surface area contributed by atoms with Crippen molar-refractivity contribution in [3.05, 3.63) is 0 Å². The molecule has 102 valence electrons. The van der Waals surface area contributed by atoms with Crippen molar-refractivity contribution < 1.29 is 19.9 Å². The Kier molecular flexibility index (Phi) is 11.7. The van der Waals surface area contributed by atoms with Gasteiger partial charge in [0.2, 0.25) is 0 Å². The number of hydrogen-bond donors (Lipinski definition) is 3. The fourth-order valence-corrected chi connectivity index (χ4v) is 1.82. The molecule has 0 aromatic rings. The maximum Gasteiger partial charge on any atom is 0.315 e. The lowest BCUT2D eigenvalue weighted by Gasteiger charge is -2.10. The summed E-state index contributed by atoms with van der Waals surface area (Å²) in [6.07, 6.45) is 10.1. The molecule has 0 radical (unpaired) electrons. The van der Waals surface area contributed by atoms with Gasteiger partial charge in [0, 0.05) is 0 Å². The minimum atomic E-state index is -0.313. The van der Waals surface area contributed by atoms with Gasteiger partial charge in [0.1, 0.15) is 0 Å². The van der Waals surface area contributed by atoms with Crippen molar-refractivity contribution in [1.82, 2.24) is 0 Å². The van der Waals surface area contributed by atoms with E-state index in [9.17, 15) is 4.79 Å². The van der Waals surface area contributed by atoms with Gasteiger partial charge in [-0.3, -0.25) is 0 Å². The first-order valence-corrected chi connectivity index (χ1v) is 6.85. The van der Waals surface area contributed by atoms with Crippen molar-refractivity contribution in [1.29, 1.82) is 0 Å². The highest BCUT2D eigenvalue weighted by molar-refractivity contribution is 5.66. The summed E-state index contributed by atoms with van der Waals surface area (Å²) in [5.74, 6) is -0.0824. The van der Waals surface area contributed by atoms with Crippen LogP contribution in [0, 0.1) is 0 Å². The van der Waals surface area contributed by atoms with Gasteiger partial charge < -0.3 is 10.2 Å². The molecule has 0 unspecified atom stereocenters. The van der Waals surface area contributed by atoms with Crippen LogP contribution in [-0.4, -0.2) is 29.6 Å². The third-order valence-electron chi connectivity index (χ3n) is 3.03. The molecule has 0 saturated carbocycles. The molecule has 0 aromatic heterocycles. The smallest absolute Gasteiger partial charge is 0.315 e. The summed E-state index contributed by atoms with van der Waals surface area (Å²) in [7, 11) is 0. The van der Waals surface area contributed by atoms with E-state index in [0.29, 0.717) is 6.42 Å². The molecule has 3 N–H and O–H groups in total. The van der Waals surface area contributed by atoms with Crippen LogP contribution in [0.4, 0.5) is 0 Å². The number of rotatable bonds is 11. The van der Waals surface area contributed by atoms with Crippen LogP contribution in [0.3, 0.4) is 0 Å². The lowest BCUT2D eigenvalue weighted by atomic mass is 10.1. The predicted octanol–water partition coefficient (Wildman–Crippen LogP) is 0.828. The predicted molar refractivity (Wildman–Crippen MR) is 67.4 cm³/mol. The Morgan fingerprint density at radius 3 is 1.82 bits per heavy atom. The summed E-state index contributed by atoms with van der Waals surface area (Å²) in [6, 6.07) is 0. The number of carbonyl (C=O) groups excluding carboxylic acids is 1. The molecular weight excluding hydrogens is 218 g/mol. The van der Waals surface area contributed by atoms with E-state index in [1.54, 1.807) is 0 Å². The Hall–Kier alpha value is -0.450. The van der Waals surface area contributed by atoms with E-state index in [4.69, 9.17) is 10.2 Å². The molecule has 4 heteroatoms. The highest BCUT2D eigenvalue weighted by Gasteiger charge is 2.15. The molecule has 0 fully saturated rings. The molecule has 0 atom stereocenters. The zero-order valence-electron chi connectivity index (χ0n) is 11.1. The summed E-state index contributed by atoms with van der Waals surface area (Å²) >= 11 is 0. The number of carbonyl (C=O) groups is 1. The van der Waals surface area contributed by atoms with Crippen molar-refractivity contribution in [2.45, 2.75) is 64.7 Å². The van der Waals surface area contributed by atoms with Gasteiger partial charge in [-0.05, 0) is 6.42 Å². The Morgan fingerprint density at radius 2 is 1.35 bits per heavy atom. The minimum absolute atomic E-state index is 0.0824. The SMILES string of the molecule is CCCCCCCCCCC(=O)[NH+](CO)CO. The van der Waals surface area contributed by atoms with E-state index < -0.39 is 0 Å². The van der Waals surface area contributed by atoms with Gasteiger partial charge in [-0.1, -0.05) is 51.9 Å². The monoisotopic (exact) mass is 246 g/mol. The first-order chi connectivity index (χ1) is 8.26. The summed E-state index contributed by atoms with van der Waals surface area (Å²) in [4.78, 5) is 11.7. The topological polar surface area (TPSA) is 62.0 Å². The maximum atomic E-state index is 11.4. The molecule has 0 bridgehead atoms. The van der Waals surface area contributed by atoms with Gasteiger partial charge >= 0.3 is 5.91 Å². The first-order valence-electron chi connectivity index (χ1n) is 6.85. The summed E-state index contributed by atoms with van der Waals surface area (Å²) in [5, 5.41) is 17.6. The number of unbranched alkanes of at least 4 members (excludes halogenated alkanes) is 7. The molecule has 17 heavy (non-hydrogen) atoms. The maximum absolute atomic E-state index is 11.4. The molecule has 4 nitrogen and oxygen atoms in total. The second kappa shape index (κ2) is 12.0. The molecule has 0 aliphatic heterocycles. The number of aliphatic hydroxyl groups excluding tert-OH is 2. The Morgan fingerprint density at radius 1 is 0.882 bits per heavy atom. The molecule has 0 heterocycles. The molecule has 0 saturated heterocycles. The van der Waals surface area contributed by atoms with Crippen LogP contribution in [0.15, 0.2) is 0 Å². The van der Waals surface area contributed by atoms with E-state index in [2.05, 4.69) is 6.92 Å². The van der Waals surface area contributed by atoms with E-state index in [1.165, 1.54) is 38.5 Å². The third kappa shape index (κ3) is 9.27. The molecule has 0 aliphatic carbocycles. The van der Waals surface area contributed by atoms with Crippen molar-refractivity contribution in [2.75, 3.05) is 13.5 Å². The van der Waals surface area contributed by atoms with Crippen LogP contribution < -0.4 is 4.90 Å². The number of nitrogens with one attached hydrogen (secondary N) is 1. The Labute approximate surface area is 105 Å². The summed E-state index contributed by atoms with van der Waals surface area (Å²) in [5.41, 5.74) is 0.